The van der Waals surface area contributed by atoms with Crippen molar-refractivity contribution in [2.24, 2.45) is 0 Å². The fourth-order valence-corrected chi connectivity index (χ4v) is 3.17. The molecule has 0 atom stereocenters. The molecule has 0 amide bonds. The lowest BCUT2D eigenvalue weighted by atomic mass is 9.78. The van der Waals surface area contributed by atoms with Crippen LogP contribution in [0, 0.1) is 0 Å². The van der Waals surface area contributed by atoms with Crippen LogP contribution in [0.5, 0.6) is 23.0 Å². The van der Waals surface area contributed by atoms with Crippen LogP contribution in [0.3, 0.4) is 0 Å². The Hall–Kier alpha value is -3.68. The average molecular weight is 456 g/mol. The predicted octanol–water partition coefficient (Wildman–Crippen LogP) is 3.80. The maximum absolute atomic E-state index is 11.9. The molecule has 33 heavy (non-hydrogen) atoms. The minimum absolute atomic E-state index is 0.216. The summed E-state index contributed by atoms with van der Waals surface area (Å²) in [6.45, 7) is 6.60. The first kappa shape index (κ1) is 25.6. The number of carbonyl (C=O) groups excluding carboxylic acids is 4. The average Bonchev–Trinajstić information content (AvgIpc) is 2.72. The number of esters is 2. The van der Waals surface area contributed by atoms with E-state index in [1.807, 2.05) is 13.8 Å². The molecule has 8 nitrogen and oxygen atoms in total. The van der Waals surface area contributed by atoms with Crippen molar-refractivity contribution >= 4 is 23.5 Å². The fourth-order valence-electron chi connectivity index (χ4n) is 3.17. The summed E-state index contributed by atoms with van der Waals surface area (Å²) in [5, 5.41) is 0. The van der Waals surface area contributed by atoms with Crippen LogP contribution >= 0.6 is 0 Å². The molecule has 176 valence electrons. The fraction of sp³-hybridized carbons (Fsp3) is 0.360. The first-order chi connectivity index (χ1) is 15.5. The topological polar surface area (TPSA) is 105 Å². The van der Waals surface area contributed by atoms with Crippen LogP contribution in [0.25, 0.3) is 0 Å². The normalized spacial score (nSPS) is 10.8. The van der Waals surface area contributed by atoms with Gasteiger partial charge in [-0.3, -0.25) is 19.2 Å². The van der Waals surface area contributed by atoms with Gasteiger partial charge >= 0.3 is 11.9 Å². The Labute approximate surface area is 192 Å². The molecule has 0 saturated carbocycles. The quantitative estimate of drug-likeness (QED) is 0.302. The minimum Gasteiger partial charge on any atom is -0.493 e. The molecule has 0 fully saturated rings. The zero-order valence-electron chi connectivity index (χ0n) is 19.6. The van der Waals surface area contributed by atoms with E-state index in [0.717, 1.165) is 11.1 Å². The monoisotopic (exact) mass is 456 g/mol. The van der Waals surface area contributed by atoms with Gasteiger partial charge in [-0.25, -0.2) is 0 Å². The van der Waals surface area contributed by atoms with E-state index in [4.69, 9.17) is 18.9 Å². The van der Waals surface area contributed by atoms with Gasteiger partial charge in [-0.15, -0.1) is 0 Å². The van der Waals surface area contributed by atoms with Crippen molar-refractivity contribution in [1.29, 1.82) is 0 Å². The molecule has 0 saturated heterocycles. The van der Waals surface area contributed by atoms with Crippen molar-refractivity contribution in [1.82, 2.24) is 0 Å². The number of ether oxygens (including phenoxy) is 4. The number of carbonyl (C=O) groups is 4. The van der Waals surface area contributed by atoms with Gasteiger partial charge in [0.25, 0.3) is 0 Å². The van der Waals surface area contributed by atoms with E-state index in [1.165, 1.54) is 28.1 Å². The van der Waals surface area contributed by atoms with Crippen molar-refractivity contribution < 1.29 is 38.1 Å². The highest BCUT2D eigenvalue weighted by atomic mass is 16.6. The maximum Gasteiger partial charge on any atom is 0.318 e. The Bertz CT molecular complexity index is 985. The highest BCUT2D eigenvalue weighted by Gasteiger charge is 2.27. The molecular formula is C25H28O8. The Kier molecular flexibility index (Phi) is 8.34. The summed E-state index contributed by atoms with van der Waals surface area (Å²) in [6.07, 6.45) is -0.640. The lowest BCUT2D eigenvalue weighted by Gasteiger charge is -2.27. The molecule has 8 heteroatoms. The molecule has 0 aromatic heterocycles. The molecule has 0 radical (unpaired) electrons. The first-order valence-electron chi connectivity index (χ1n) is 10.2. The molecule has 0 N–H and O–H groups in total. The number of Topliss-reactive ketones (excluding diaryl/α,β-unsaturated/α-hetero) is 2. The second kappa shape index (κ2) is 10.8. The van der Waals surface area contributed by atoms with E-state index in [9.17, 15) is 19.2 Å². The predicted molar refractivity (Wildman–Crippen MR) is 120 cm³/mol. The van der Waals surface area contributed by atoms with Crippen LogP contribution in [0.15, 0.2) is 36.4 Å². The lowest BCUT2D eigenvalue weighted by molar-refractivity contribution is -0.139. The lowest BCUT2D eigenvalue weighted by Crippen LogP contribution is -2.20. The summed E-state index contributed by atoms with van der Waals surface area (Å²) in [5.41, 5.74) is 1.17. The van der Waals surface area contributed by atoms with E-state index in [2.05, 4.69) is 0 Å². The molecule has 0 spiro atoms. The molecule has 0 aliphatic carbocycles. The minimum atomic E-state index is -0.660. The third kappa shape index (κ3) is 6.65. The van der Waals surface area contributed by atoms with Crippen molar-refractivity contribution in [3.8, 4) is 23.0 Å². The molecule has 2 aromatic carbocycles. The molecule has 0 unspecified atom stereocenters. The van der Waals surface area contributed by atoms with Crippen LogP contribution in [-0.4, -0.2) is 37.7 Å². The number of methoxy groups -OCH3 is 2. The van der Waals surface area contributed by atoms with Crippen molar-refractivity contribution in [2.45, 2.75) is 46.0 Å². The highest BCUT2D eigenvalue weighted by molar-refractivity contribution is 5.95. The van der Waals surface area contributed by atoms with E-state index in [1.54, 1.807) is 36.4 Å². The number of hydrogen-bond donors (Lipinski definition) is 0. The standard InChI is InChI=1S/C25H28O8/c1-15(26)11-23(28)32-19-9-7-17(13-21(19)30-5)25(3,4)18-8-10-20(22(14-18)31-6)33-24(29)12-16(2)27/h7-10,13-14H,11-12H2,1-6H3. The van der Waals surface area contributed by atoms with Crippen molar-refractivity contribution in [3.63, 3.8) is 0 Å². The van der Waals surface area contributed by atoms with Crippen LogP contribution in [0.4, 0.5) is 0 Å². The summed E-state index contributed by atoms with van der Waals surface area (Å²) >= 11 is 0. The number of hydrogen-bond acceptors (Lipinski definition) is 8. The Morgan fingerprint density at radius 2 is 1.03 bits per heavy atom. The van der Waals surface area contributed by atoms with Gasteiger partial charge < -0.3 is 18.9 Å². The molecule has 0 aliphatic heterocycles. The van der Waals surface area contributed by atoms with E-state index < -0.39 is 17.4 Å². The van der Waals surface area contributed by atoms with Gasteiger partial charge in [0.05, 0.1) is 14.2 Å². The molecule has 2 rings (SSSR count). The van der Waals surface area contributed by atoms with Gasteiger partial charge in [-0.2, -0.15) is 0 Å². The number of ketones is 2. The van der Waals surface area contributed by atoms with Crippen molar-refractivity contribution in [3.05, 3.63) is 47.5 Å². The summed E-state index contributed by atoms with van der Waals surface area (Å²) in [6, 6.07) is 10.3. The third-order valence-electron chi connectivity index (χ3n) is 5.00. The summed E-state index contributed by atoms with van der Waals surface area (Å²) in [4.78, 5) is 46.0. The Morgan fingerprint density at radius 1 is 0.667 bits per heavy atom. The number of rotatable bonds is 10. The molecule has 2 aromatic rings. The van der Waals surface area contributed by atoms with Crippen LogP contribution < -0.4 is 18.9 Å². The van der Waals surface area contributed by atoms with Gasteiger partial charge in [-0.05, 0) is 49.2 Å². The molecule has 0 bridgehead atoms. The van der Waals surface area contributed by atoms with Crippen LogP contribution in [0.2, 0.25) is 0 Å². The van der Waals surface area contributed by atoms with E-state index >= 15 is 0 Å². The molecule has 0 heterocycles. The second-order valence-corrected chi connectivity index (χ2v) is 8.06. The summed E-state index contributed by atoms with van der Waals surface area (Å²) in [5.74, 6) is -0.775. The third-order valence-corrected chi connectivity index (χ3v) is 5.00. The zero-order chi connectivity index (χ0) is 24.8. The second-order valence-electron chi connectivity index (χ2n) is 8.06. The summed E-state index contributed by atoms with van der Waals surface area (Å²) in [7, 11) is 2.92. The van der Waals surface area contributed by atoms with Crippen molar-refractivity contribution in [2.75, 3.05) is 14.2 Å². The SMILES string of the molecule is COc1cc(C(C)(C)c2ccc(OC(=O)CC(C)=O)c(OC)c2)ccc1OC(=O)CC(C)=O. The number of benzene rings is 2. The van der Waals surface area contributed by atoms with Crippen LogP contribution in [0.1, 0.15) is 51.7 Å². The zero-order valence-corrected chi connectivity index (χ0v) is 19.6. The van der Waals surface area contributed by atoms with Gasteiger partial charge in [-0.1, -0.05) is 26.0 Å². The first-order valence-corrected chi connectivity index (χ1v) is 10.2. The van der Waals surface area contributed by atoms with E-state index in [-0.39, 0.29) is 35.9 Å². The summed E-state index contributed by atoms with van der Waals surface area (Å²) < 4.78 is 21.3. The van der Waals surface area contributed by atoms with Gasteiger partial charge in [0.2, 0.25) is 0 Å². The highest BCUT2D eigenvalue weighted by Crippen LogP contribution is 2.40. The van der Waals surface area contributed by atoms with Gasteiger partial charge in [0, 0.05) is 5.41 Å². The smallest absolute Gasteiger partial charge is 0.318 e. The maximum atomic E-state index is 11.9. The Morgan fingerprint density at radius 3 is 1.33 bits per heavy atom. The van der Waals surface area contributed by atoms with Crippen LogP contribution in [-0.2, 0) is 24.6 Å². The Balaban J connectivity index is 2.34. The van der Waals surface area contributed by atoms with Gasteiger partial charge in [0.1, 0.15) is 24.4 Å². The van der Waals surface area contributed by atoms with E-state index in [0.29, 0.717) is 11.5 Å². The van der Waals surface area contributed by atoms with Gasteiger partial charge in [0.15, 0.2) is 23.0 Å². The molecular weight excluding hydrogens is 428 g/mol. The molecule has 0 aliphatic rings. The largest absolute Gasteiger partial charge is 0.493 e.